The van der Waals surface area contributed by atoms with E-state index in [1.807, 2.05) is 0 Å². The van der Waals surface area contributed by atoms with E-state index < -0.39 is 0 Å². The van der Waals surface area contributed by atoms with Gasteiger partial charge in [0.15, 0.2) is 5.96 Å². The zero-order chi connectivity index (χ0) is 15.8. The molecule has 0 aromatic carbocycles. The van der Waals surface area contributed by atoms with Gasteiger partial charge < -0.3 is 16.0 Å². The molecule has 3 N–H and O–H groups in total. The number of nitrogens with one attached hydrogen (secondary N) is 1. The third-order valence-corrected chi connectivity index (χ3v) is 5.21. The van der Waals surface area contributed by atoms with Crippen molar-refractivity contribution < 1.29 is 0 Å². The minimum absolute atomic E-state index is 0. The normalized spacial score (nSPS) is 23.8. The molecule has 1 saturated carbocycles. The molecule has 0 aromatic rings. The number of halogens is 1. The number of guanidine groups is 1. The van der Waals surface area contributed by atoms with Crippen LogP contribution >= 0.6 is 24.0 Å². The van der Waals surface area contributed by atoms with E-state index in [1.54, 1.807) is 0 Å². The summed E-state index contributed by atoms with van der Waals surface area (Å²) >= 11 is 0. The Morgan fingerprint density at radius 1 is 1.13 bits per heavy atom. The lowest BCUT2D eigenvalue weighted by Crippen LogP contribution is -2.50. The number of hydrogen-bond donors (Lipinski definition) is 2. The number of nitrogens with zero attached hydrogens (tertiary/aromatic N) is 3. The molecule has 1 atom stereocenters. The number of piperazine rings is 1. The van der Waals surface area contributed by atoms with Crippen LogP contribution in [0.2, 0.25) is 0 Å². The quantitative estimate of drug-likeness (QED) is 0.300. The van der Waals surface area contributed by atoms with Gasteiger partial charge in [0, 0.05) is 38.3 Å². The van der Waals surface area contributed by atoms with Gasteiger partial charge in [-0.2, -0.15) is 0 Å². The van der Waals surface area contributed by atoms with Gasteiger partial charge in [-0.25, -0.2) is 0 Å². The fourth-order valence-electron chi connectivity index (χ4n) is 3.54. The first kappa shape index (κ1) is 21.0. The molecule has 1 saturated heterocycles. The van der Waals surface area contributed by atoms with Gasteiger partial charge in [0.05, 0.1) is 6.54 Å². The summed E-state index contributed by atoms with van der Waals surface area (Å²) < 4.78 is 0. The highest BCUT2D eigenvalue weighted by Crippen LogP contribution is 2.17. The van der Waals surface area contributed by atoms with Crippen LogP contribution in [0, 0.1) is 0 Å². The lowest BCUT2D eigenvalue weighted by molar-refractivity contribution is 0.109. The van der Waals surface area contributed by atoms with Crippen molar-refractivity contribution in [3.8, 4) is 0 Å². The lowest BCUT2D eigenvalue weighted by Gasteiger charge is -2.37. The molecule has 0 bridgehead atoms. The number of hydrogen-bond acceptors (Lipinski definition) is 3. The summed E-state index contributed by atoms with van der Waals surface area (Å²) in [7, 11) is 0. The van der Waals surface area contributed by atoms with Crippen molar-refractivity contribution in [3.63, 3.8) is 0 Å². The van der Waals surface area contributed by atoms with Crippen molar-refractivity contribution in [1.29, 1.82) is 0 Å². The van der Waals surface area contributed by atoms with Crippen LogP contribution in [-0.2, 0) is 0 Å². The fraction of sp³-hybridized carbons (Fsp3) is 0.941. The Hall–Kier alpha value is -0.0800. The number of rotatable bonds is 5. The Balaban J connectivity index is 0.00000264. The molecular formula is C17H36IN5. The van der Waals surface area contributed by atoms with E-state index in [0.29, 0.717) is 18.0 Å². The van der Waals surface area contributed by atoms with Gasteiger partial charge >= 0.3 is 0 Å². The van der Waals surface area contributed by atoms with Crippen LogP contribution in [0.4, 0.5) is 0 Å². The molecule has 0 aromatic heterocycles. The van der Waals surface area contributed by atoms with E-state index in [-0.39, 0.29) is 24.0 Å². The third kappa shape index (κ3) is 7.56. The molecular weight excluding hydrogens is 401 g/mol. The van der Waals surface area contributed by atoms with E-state index in [2.05, 4.69) is 34.0 Å². The Morgan fingerprint density at radius 3 is 2.30 bits per heavy atom. The van der Waals surface area contributed by atoms with Crippen molar-refractivity contribution in [2.75, 3.05) is 39.3 Å². The molecule has 1 heterocycles. The maximum atomic E-state index is 6.09. The van der Waals surface area contributed by atoms with E-state index in [9.17, 15) is 0 Å². The predicted molar refractivity (Wildman–Crippen MR) is 110 cm³/mol. The molecule has 1 aliphatic heterocycles. The van der Waals surface area contributed by atoms with Crippen molar-refractivity contribution in [3.05, 3.63) is 0 Å². The second-order valence-electron chi connectivity index (χ2n) is 6.88. The summed E-state index contributed by atoms with van der Waals surface area (Å²) in [5.41, 5.74) is 6.09. The number of aliphatic imine (C=N–C) groups is 1. The molecule has 23 heavy (non-hydrogen) atoms. The molecule has 0 radical (unpaired) electrons. The van der Waals surface area contributed by atoms with Crippen LogP contribution in [0.5, 0.6) is 0 Å². The van der Waals surface area contributed by atoms with Crippen LogP contribution in [0.15, 0.2) is 4.99 Å². The van der Waals surface area contributed by atoms with Crippen molar-refractivity contribution in [1.82, 2.24) is 15.1 Å². The molecule has 2 fully saturated rings. The summed E-state index contributed by atoms with van der Waals surface area (Å²) in [6.07, 6.45) is 7.87. The average molecular weight is 437 g/mol. The SMILES string of the molecule is CCN1CCN(C(C)CN=C(N)NC2CCCCCC2)CC1.I. The van der Waals surface area contributed by atoms with Crippen molar-refractivity contribution in [2.24, 2.45) is 10.7 Å². The summed E-state index contributed by atoms with van der Waals surface area (Å²) in [4.78, 5) is 9.64. The van der Waals surface area contributed by atoms with Gasteiger partial charge in [-0.15, -0.1) is 24.0 Å². The van der Waals surface area contributed by atoms with Gasteiger partial charge in [0.25, 0.3) is 0 Å². The summed E-state index contributed by atoms with van der Waals surface area (Å²) in [5, 5.41) is 3.43. The second-order valence-corrected chi connectivity index (χ2v) is 6.88. The summed E-state index contributed by atoms with van der Waals surface area (Å²) in [5.74, 6) is 0.644. The molecule has 136 valence electrons. The molecule has 1 unspecified atom stereocenters. The molecule has 6 heteroatoms. The van der Waals surface area contributed by atoms with Crippen LogP contribution in [-0.4, -0.2) is 67.1 Å². The molecule has 0 spiro atoms. The van der Waals surface area contributed by atoms with Crippen LogP contribution in [0.1, 0.15) is 52.4 Å². The molecule has 0 amide bonds. The first-order valence-electron chi connectivity index (χ1n) is 9.22. The molecule has 2 rings (SSSR count). The van der Waals surface area contributed by atoms with Gasteiger partial charge in [-0.3, -0.25) is 9.89 Å². The highest BCUT2D eigenvalue weighted by Gasteiger charge is 2.20. The number of likely N-dealkylation sites (N-methyl/N-ethyl adjacent to an activating group) is 1. The standard InChI is InChI=1S/C17H35N5.HI/c1-3-21-10-12-22(13-11-21)15(2)14-19-17(18)20-16-8-6-4-5-7-9-16;/h15-16H,3-14H2,1-2H3,(H3,18,19,20);1H. The molecule has 1 aliphatic carbocycles. The predicted octanol–water partition coefficient (Wildman–Crippen LogP) is 2.26. The van der Waals surface area contributed by atoms with E-state index in [1.165, 1.54) is 58.2 Å². The Kier molecular flexibility index (Phi) is 10.5. The summed E-state index contributed by atoms with van der Waals surface area (Å²) in [6, 6.07) is 1.02. The largest absolute Gasteiger partial charge is 0.370 e. The van der Waals surface area contributed by atoms with E-state index in [0.717, 1.165) is 19.6 Å². The topological polar surface area (TPSA) is 56.9 Å². The second kappa shape index (κ2) is 11.5. The van der Waals surface area contributed by atoms with Gasteiger partial charge in [-0.1, -0.05) is 32.6 Å². The average Bonchev–Trinajstić information content (AvgIpc) is 2.81. The maximum absolute atomic E-state index is 6.09. The minimum Gasteiger partial charge on any atom is -0.370 e. The highest BCUT2D eigenvalue weighted by molar-refractivity contribution is 14.0. The smallest absolute Gasteiger partial charge is 0.188 e. The lowest BCUT2D eigenvalue weighted by atomic mass is 10.1. The zero-order valence-corrected chi connectivity index (χ0v) is 17.3. The van der Waals surface area contributed by atoms with Gasteiger partial charge in [-0.05, 0) is 26.3 Å². The Morgan fingerprint density at radius 2 is 1.74 bits per heavy atom. The third-order valence-electron chi connectivity index (χ3n) is 5.21. The van der Waals surface area contributed by atoms with Crippen molar-refractivity contribution in [2.45, 2.75) is 64.5 Å². The summed E-state index contributed by atoms with van der Waals surface area (Å²) in [6.45, 7) is 11.1. The van der Waals surface area contributed by atoms with Crippen LogP contribution < -0.4 is 11.1 Å². The van der Waals surface area contributed by atoms with E-state index in [4.69, 9.17) is 5.73 Å². The monoisotopic (exact) mass is 437 g/mol. The first-order chi connectivity index (χ1) is 10.7. The Bertz CT molecular complexity index is 334. The van der Waals surface area contributed by atoms with Gasteiger partial charge in [0.1, 0.15) is 0 Å². The fourth-order valence-corrected chi connectivity index (χ4v) is 3.54. The minimum atomic E-state index is 0. The zero-order valence-electron chi connectivity index (χ0n) is 15.0. The molecule has 5 nitrogen and oxygen atoms in total. The Labute approximate surface area is 159 Å². The maximum Gasteiger partial charge on any atom is 0.188 e. The van der Waals surface area contributed by atoms with Crippen LogP contribution in [0.3, 0.4) is 0 Å². The van der Waals surface area contributed by atoms with Crippen molar-refractivity contribution >= 4 is 29.9 Å². The van der Waals surface area contributed by atoms with Crippen LogP contribution in [0.25, 0.3) is 0 Å². The highest BCUT2D eigenvalue weighted by atomic mass is 127. The first-order valence-corrected chi connectivity index (χ1v) is 9.22. The van der Waals surface area contributed by atoms with E-state index >= 15 is 0 Å². The van der Waals surface area contributed by atoms with Gasteiger partial charge in [0.2, 0.25) is 0 Å². The molecule has 2 aliphatic rings. The number of nitrogens with two attached hydrogens (primary N) is 1.